The van der Waals surface area contributed by atoms with Crippen molar-refractivity contribution in [3.8, 4) is 5.75 Å². The second kappa shape index (κ2) is 8.21. The molecule has 0 radical (unpaired) electrons. The van der Waals surface area contributed by atoms with Crippen molar-refractivity contribution in [2.45, 2.75) is 46.5 Å². The van der Waals surface area contributed by atoms with Gasteiger partial charge < -0.3 is 10.1 Å². The SMILES string of the molecule is CCCNCC(c1cc(C)ccc1OC)C(C)CC. The van der Waals surface area contributed by atoms with Crippen LogP contribution in [0.15, 0.2) is 18.2 Å². The predicted molar refractivity (Wildman–Crippen MR) is 83.1 cm³/mol. The molecule has 1 rings (SSSR count). The molecule has 0 bridgehead atoms. The van der Waals surface area contributed by atoms with Crippen LogP contribution in [0.25, 0.3) is 0 Å². The van der Waals surface area contributed by atoms with Gasteiger partial charge in [0.1, 0.15) is 5.75 Å². The normalized spacial score (nSPS) is 14.2. The zero-order valence-electron chi connectivity index (χ0n) is 13.1. The number of benzene rings is 1. The second-order valence-electron chi connectivity index (χ2n) is 5.44. The zero-order valence-corrected chi connectivity index (χ0v) is 13.1. The van der Waals surface area contributed by atoms with Crippen LogP contribution in [-0.4, -0.2) is 20.2 Å². The molecule has 0 aliphatic carbocycles. The van der Waals surface area contributed by atoms with Gasteiger partial charge in [0.05, 0.1) is 7.11 Å². The lowest BCUT2D eigenvalue weighted by Gasteiger charge is -2.26. The monoisotopic (exact) mass is 263 g/mol. The molecular weight excluding hydrogens is 234 g/mol. The molecule has 0 aromatic heterocycles. The highest BCUT2D eigenvalue weighted by Crippen LogP contribution is 2.33. The van der Waals surface area contributed by atoms with E-state index in [2.05, 4.69) is 51.2 Å². The molecule has 0 aliphatic heterocycles. The van der Waals surface area contributed by atoms with Crippen LogP contribution in [0.3, 0.4) is 0 Å². The largest absolute Gasteiger partial charge is 0.496 e. The molecule has 2 nitrogen and oxygen atoms in total. The third-order valence-corrected chi connectivity index (χ3v) is 3.91. The van der Waals surface area contributed by atoms with Crippen LogP contribution in [0.5, 0.6) is 5.75 Å². The molecule has 0 saturated carbocycles. The van der Waals surface area contributed by atoms with Gasteiger partial charge in [0.2, 0.25) is 0 Å². The van der Waals surface area contributed by atoms with Crippen molar-refractivity contribution in [2.75, 3.05) is 20.2 Å². The third kappa shape index (κ3) is 4.54. The first-order valence-electron chi connectivity index (χ1n) is 7.49. The van der Waals surface area contributed by atoms with Gasteiger partial charge in [-0.05, 0) is 37.4 Å². The Labute approximate surface area is 118 Å². The topological polar surface area (TPSA) is 21.3 Å². The van der Waals surface area contributed by atoms with Crippen molar-refractivity contribution in [3.05, 3.63) is 29.3 Å². The molecule has 0 saturated heterocycles. The zero-order chi connectivity index (χ0) is 14.3. The smallest absolute Gasteiger partial charge is 0.122 e. The summed E-state index contributed by atoms with van der Waals surface area (Å²) in [6.45, 7) is 11.1. The number of hydrogen-bond donors (Lipinski definition) is 1. The van der Waals surface area contributed by atoms with Gasteiger partial charge in [-0.2, -0.15) is 0 Å². The van der Waals surface area contributed by atoms with Crippen molar-refractivity contribution < 1.29 is 4.74 Å². The van der Waals surface area contributed by atoms with Crippen LogP contribution in [-0.2, 0) is 0 Å². The quantitative estimate of drug-likeness (QED) is 0.712. The maximum absolute atomic E-state index is 5.55. The first-order valence-corrected chi connectivity index (χ1v) is 7.49. The maximum atomic E-state index is 5.55. The minimum atomic E-state index is 0.520. The van der Waals surface area contributed by atoms with Crippen LogP contribution < -0.4 is 10.1 Å². The van der Waals surface area contributed by atoms with E-state index in [1.165, 1.54) is 24.0 Å². The summed E-state index contributed by atoms with van der Waals surface area (Å²) < 4.78 is 5.55. The number of aryl methyl sites for hydroxylation is 1. The molecule has 1 aromatic rings. The van der Waals surface area contributed by atoms with Crippen molar-refractivity contribution in [2.24, 2.45) is 5.92 Å². The van der Waals surface area contributed by atoms with E-state index in [0.29, 0.717) is 11.8 Å². The molecule has 0 fully saturated rings. The molecule has 2 heteroatoms. The molecule has 2 atom stereocenters. The van der Waals surface area contributed by atoms with Crippen molar-refractivity contribution in [1.29, 1.82) is 0 Å². The lowest BCUT2D eigenvalue weighted by atomic mass is 9.84. The van der Waals surface area contributed by atoms with Crippen molar-refractivity contribution in [1.82, 2.24) is 5.32 Å². The number of methoxy groups -OCH3 is 1. The molecule has 1 aromatic carbocycles. The van der Waals surface area contributed by atoms with Gasteiger partial charge in [0, 0.05) is 12.5 Å². The molecule has 108 valence electrons. The number of rotatable bonds is 8. The van der Waals surface area contributed by atoms with Crippen LogP contribution in [0.2, 0.25) is 0 Å². The fraction of sp³-hybridized carbons (Fsp3) is 0.647. The van der Waals surface area contributed by atoms with Crippen LogP contribution in [0.1, 0.15) is 50.7 Å². The van der Waals surface area contributed by atoms with E-state index >= 15 is 0 Å². The summed E-state index contributed by atoms with van der Waals surface area (Å²) in [5.41, 5.74) is 2.65. The number of nitrogens with one attached hydrogen (secondary N) is 1. The van der Waals surface area contributed by atoms with Crippen LogP contribution >= 0.6 is 0 Å². The van der Waals surface area contributed by atoms with Gasteiger partial charge in [-0.1, -0.05) is 44.9 Å². The molecule has 0 heterocycles. The lowest BCUT2D eigenvalue weighted by Crippen LogP contribution is -2.26. The van der Waals surface area contributed by atoms with E-state index in [9.17, 15) is 0 Å². The van der Waals surface area contributed by atoms with E-state index in [0.717, 1.165) is 18.8 Å². The van der Waals surface area contributed by atoms with Crippen molar-refractivity contribution >= 4 is 0 Å². The van der Waals surface area contributed by atoms with Gasteiger partial charge in [0.25, 0.3) is 0 Å². The standard InChI is InChI=1S/C17H29NO/c1-6-10-18-12-16(14(4)7-2)15-11-13(3)8-9-17(15)19-5/h8-9,11,14,16,18H,6-7,10,12H2,1-5H3. The van der Waals surface area contributed by atoms with Gasteiger partial charge in [-0.15, -0.1) is 0 Å². The van der Waals surface area contributed by atoms with E-state index in [1.54, 1.807) is 7.11 Å². The number of ether oxygens (including phenoxy) is 1. The lowest BCUT2D eigenvalue weighted by molar-refractivity contribution is 0.377. The third-order valence-electron chi connectivity index (χ3n) is 3.91. The average molecular weight is 263 g/mol. The van der Waals surface area contributed by atoms with Crippen LogP contribution in [0.4, 0.5) is 0 Å². The van der Waals surface area contributed by atoms with Gasteiger partial charge in [0.15, 0.2) is 0 Å². The summed E-state index contributed by atoms with van der Waals surface area (Å²) in [5, 5.41) is 3.56. The maximum Gasteiger partial charge on any atom is 0.122 e. The summed E-state index contributed by atoms with van der Waals surface area (Å²) in [7, 11) is 1.77. The average Bonchev–Trinajstić information content (AvgIpc) is 2.43. The first-order chi connectivity index (χ1) is 9.13. The Morgan fingerprint density at radius 1 is 1.26 bits per heavy atom. The number of hydrogen-bond acceptors (Lipinski definition) is 2. The van der Waals surface area contributed by atoms with Crippen LogP contribution in [0, 0.1) is 12.8 Å². The van der Waals surface area contributed by atoms with Gasteiger partial charge in [-0.25, -0.2) is 0 Å². The first kappa shape index (κ1) is 16.0. The summed E-state index contributed by atoms with van der Waals surface area (Å²) in [4.78, 5) is 0. The Balaban J connectivity index is 2.98. The van der Waals surface area contributed by atoms with Crippen molar-refractivity contribution in [3.63, 3.8) is 0 Å². The van der Waals surface area contributed by atoms with Gasteiger partial charge >= 0.3 is 0 Å². The molecule has 19 heavy (non-hydrogen) atoms. The fourth-order valence-corrected chi connectivity index (χ4v) is 2.48. The Morgan fingerprint density at radius 2 is 2.00 bits per heavy atom. The Kier molecular flexibility index (Phi) is 6.93. The molecule has 0 aliphatic rings. The second-order valence-corrected chi connectivity index (χ2v) is 5.44. The predicted octanol–water partition coefficient (Wildman–Crippen LogP) is 4.13. The van der Waals surface area contributed by atoms with E-state index in [-0.39, 0.29) is 0 Å². The highest BCUT2D eigenvalue weighted by atomic mass is 16.5. The van der Waals surface area contributed by atoms with E-state index < -0.39 is 0 Å². The summed E-state index contributed by atoms with van der Waals surface area (Å²) in [6.07, 6.45) is 2.37. The van der Waals surface area contributed by atoms with E-state index in [1.807, 2.05) is 0 Å². The molecule has 2 unspecified atom stereocenters. The Bertz CT molecular complexity index is 376. The fourth-order valence-electron chi connectivity index (χ4n) is 2.48. The summed E-state index contributed by atoms with van der Waals surface area (Å²) in [5.74, 6) is 2.20. The molecule has 0 spiro atoms. The molecular formula is C17H29NO. The Hall–Kier alpha value is -1.02. The minimum absolute atomic E-state index is 0.520. The Morgan fingerprint density at radius 3 is 2.58 bits per heavy atom. The van der Waals surface area contributed by atoms with E-state index in [4.69, 9.17) is 4.74 Å². The molecule has 0 amide bonds. The summed E-state index contributed by atoms with van der Waals surface area (Å²) in [6, 6.07) is 6.50. The minimum Gasteiger partial charge on any atom is -0.496 e. The highest BCUT2D eigenvalue weighted by Gasteiger charge is 2.21. The highest BCUT2D eigenvalue weighted by molar-refractivity contribution is 5.40. The molecule has 1 N–H and O–H groups in total. The van der Waals surface area contributed by atoms with Gasteiger partial charge in [-0.3, -0.25) is 0 Å². The summed E-state index contributed by atoms with van der Waals surface area (Å²) >= 11 is 0.